The molecule has 7 nitrogen and oxygen atoms in total. The molecule has 3 rings (SSSR count). The Morgan fingerprint density at radius 3 is 2.88 bits per heavy atom. The van der Waals surface area contributed by atoms with Gasteiger partial charge in [0, 0.05) is 29.7 Å². The number of hydrogen-bond acceptors (Lipinski definition) is 6. The molecule has 9 heteroatoms. The Morgan fingerprint density at radius 2 is 2.15 bits per heavy atom. The van der Waals surface area contributed by atoms with Crippen LogP contribution in [0.25, 0.3) is 22.5 Å². The second-order valence-corrected chi connectivity index (χ2v) is 5.28. The fourth-order valence-electron chi connectivity index (χ4n) is 2.36. The Morgan fingerprint density at radius 1 is 1.31 bits per heavy atom. The predicted octanol–water partition coefficient (Wildman–Crippen LogP) is 2.09. The number of nitrogens with zero attached hydrogens (tertiary/aromatic N) is 5. The average molecular weight is 358 g/mol. The highest BCUT2D eigenvalue weighted by Crippen LogP contribution is 2.24. The fourth-order valence-corrected chi connectivity index (χ4v) is 2.36. The molecule has 0 unspecified atom stereocenters. The van der Waals surface area contributed by atoms with Gasteiger partial charge in [-0.1, -0.05) is 0 Å². The van der Waals surface area contributed by atoms with E-state index >= 15 is 0 Å². The van der Waals surface area contributed by atoms with Gasteiger partial charge in [0.1, 0.15) is 5.69 Å². The van der Waals surface area contributed by atoms with Gasteiger partial charge >= 0.3 is 0 Å². The van der Waals surface area contributed by atoms with Gasteiger partial charge in [-0.05, 0) is 24.3 Å². The molecule has 0 aliphatic carbocycles. The van der Waals surface area contributed by atoms with Gasteiger partial charge < -0.3 is 10.8 Å². The number of aliphatic hydroxyl groups excluding tert-OH is 1. The van der Waals surface area contributed by atoms with Gasteiger partial charge in [-0.2, -0.15) is 5.10 Å². The summed E-state index contributed by atoms with van der Waals surface area (Å²) in [5, 5.41) is 12.8. The maximum absolute atomic E-state index is 12.9. The number of aromatic nitrogens is 4. The summed E-state index contributed by atoms with van der Waals surface area (Å²) in [5.41, 5.74) is 8.12. The molecule has 0 spiro atoms. The fraction of sp³-hybridized carbons (Fsp3) is 0.176. The molecule has 0 bridgehead atoms. The van der Waals surface area contributed by atoms with Crippen molar-refractivity contribution in [1.29, 1.82) is 0 Å². The molecule has 134 valence electrons. The van der Waals surface area contributed by atoms with Crippen LogP contribution in [0.2, 0.25) is 0 Å². The molecule has 0 saturated carbocycles. The highest BCUT2D eigenvalue weighted by Gasteiger charge is 2.14. The molecular weight excluding hydrogens is 342 g/mol. The summed E-state index contributed by atoms with van der Waals surface area (Å²) >= 11 is 0. The second-order valence-electron chi connectivity index (χ2n) is 5.28. The molecule has 26 heavy (non-hydrogen) atoms. The van der Waals surface area contributed by atoms with Crippen LogP contribution in [0.1, 0.15) is 17.8 Å². The zero-order chi connectivity index (χ0) is 18.5. The lowest BCUT2D eigenvalue weighted by molar-refractivity contribution is 0.144. The molecule has 0 amide bonds. The van der Waals surface area contributed by atoms with Crippen molar-refractivity contribution in [3.8, 4) is 11.3 Å². The number of halogens is 2. The molecule has 3 aromatic heterocycles. The number of allylic oxidation sites excluding steroid dienone is 1. The van der Waals surface area contributed by atoms with E-state index in [9.17, 15) is 8.78 Å². The number of pyridine rings is 1. The standard InChI is InChI=1S/C17H16F2N6O/c18-17(19)13-1-2-16-23-10-15(25(16)24-13)11-3-4-22-14(7-11)12(8-20)9-21-5-6-26/h1-4,7-10,17,26H,5-6,20H2. The highest BCUT2D eigenvalue weighted by molar-refractivity contribution is 6.09. The first-order valence-electron chi connectivity index (χ1n) is 7.76. The maximum atomic E-state index is 12.9. The SMILES string of the molecule is NC=C(C=NCCO)c1cc(-c2cnc3ccc(C(F)F)nn23)ccn1. The third kappa shape index (κ3) is 3.57. The summed E-state index contributed by atoms with van der Waals surface area (Å²) in [6.45, 7) is 0.187. The average Bonchev–Trinajstić information content (AvgIpc) is 3.08. The monoisotopic (exact) mass is 358 g/mol. The third-order valence-corrected chi connectivity index (χ3v) is 3.60. The highest BCUT2D eigenvalue weighted by atomic mass is 19.3. The molecule has 0 fully saturated rings. The van der Waals surface area contributed by atoms with Crippen molar-refractivity contribution < 1.29 is 13.9 Å². The zero-order valence-electron chi connectivity index (χ0n) is 13.6. The largest absolute Gasteiger partial charge is 0.404 e. The lowest BCUT2D eigenvalue weighted by Gasteiger charge is -2.06. The van der Waals surface area contributed by atoms with E-state index in [2.05, 4.69) is 20.1 Å². The van der Waals surface area contributed by atoms with Gasteiger partial charge in [0.05, 0.1) is 30.7 Å². The van der Waals surface area contributed by atoms with E-state index in [1.807, 2.05) is 0 Å². The van der Waals surface area contributed by atoms with Crippen molar-refractivity contribution in [3.63, 3.8) is 0 Å². The van der Waals surface area contributed by atoms with Crippen LogP contribution in [-0.4, -0.2) is 44.1 Å². The molecule has 0 aromatic carbocycles. The lowest BCUT2D eigenvalue weighted by atomic mass is 10.1. The van der Waals surface area contributed by atoms with Crippen molar-refractivity contribution in [2.24, 2.45) is 10.7 Å². The molecule has 3 aromatic rings. The van der Waals surface area contributed by atoms with Crippen LogP contribution in [-0.2, 0) is 0 Å². The Bertz CT molecular complexity index is 967. The molecular formula is C17H16F2N6O. The first-order valence-corrected chi connectivity index (χ1v) is 7.76. The number of alkyl halides is 2. The van der Waals surface area contributed by atoms with Crippen LogP contribution in [0.4, 0.5) is 8.78 Å². The minimum atomic E-state index is -2.67. The van der Waals surface area contributed by atoms with Gasteiger partial charge in [-0.3, -0.25) is 9.98 Å². The topological polar surface area (TPSA) is 102 Å². The number of rotatable bonds is 6. The van der Waals surface area contributed by atoms with Crippen LogP contribution < -0.4 is 5.73 Å². The lowest BCUT2D eigenvalue weighted by Crippen LogP contribution is -2.01. The summed E-state index contributed by atoms with van der Waals surface area (Å²) in [5.74, 6) is 0. The van der Waals surface area contributed by atoms with Crippen molar-refractivity contribution in [2.75, 3.05) is 13.2 Å². The van der Waals surface area contributed by atoms with E-state index in [0.29, 0.717) is 28.2 Å². The normalized spacial score (nSPS) is 12.5. The Kier molecular flexibility index (Phi) is 5.28. The van der Waals surface area contributed by atoms with Crippen LogP contribution >= 0.6 is 0 Å². The minimum Gasteiger partial charge on any atom is -0.404 e. The van der Waals surface area contributed by atoms with E-state index in [0.717, 1.165) is 0 Å². The van der Waals surface area contributed by atoms with Gasteiger partial charge in [-0.25, -0.2) is 18.3 Å². The van der Waals surface area contributed by atoms with Gasteiger partial charge in [-0.15, -0.1) is 0 Å². The predicted molar refractivity (Wildman–Crippen MR) is 93.8 cm³/mol. The Hall–Kier alpha value is -3.20. The quantitative estimate of drug-likeness (QED) is 0.657. The number of hydrogen-bond donors (Lipinski definition) is 2. The number of imidazole rings is 1. The van der Waals surface area contributed by atoms with Crippen molar-refractivity contribution >= 4 is 17.4 Å². The van der Waals surface area contributed by atoms with Crippen molar-refractivity contribution in [1.82, 2.24) is 19.6 Å². The van der Waals surface area contributed by atoms with E-state index in [1.54, 1.807) is 24.5 Å². The summed E-state index contributed by atoms with van der Waals surface area (Å²) in [6.07, 6.45) is 3.34. The molecule has 0 aliphatic heterocycles. The van der Waals surface area contributed by atoms with Crippen LogP contribution in [0.15, 0.2) is 47.9 Å². The Balaban J connectivity index is 2.03. The first-order chi connectivity index (χ1) is 12.6. The number of fused-ring (bicyclic) bond motifs is 1. The van der Waals surface area contributed by atoms with E-state index in [4.69, 9.17) is 10.8 Å². The molecule has 0 atom stereocenters. The number of aliphatic hydroxyl groups is 1. The molecule has 3 N–H and O–H groups in total. The van der Waals surface area contributed by atoms with Gasteiger partial charge in [0.15, 0.2) is 5.65 Å². The summed E-state index contributed by atoms with van der Waals surface area (Å²) in [7, 11) is 0. The van der Waals surface area contributed by atoms with Crippen molar-refractivity contribution in [2.45, 2.75) is 6.43 Å². The van der Waals surface area contributed by atoms with E-state index in [1.165, 1.54) is 29.1 Å². The van der Waals surface area contributed by atoms with E-state index < -0.39 is 6.43 Å². The second kappa shape index (κ2) is 7.79. The zero-order valence-corrected chi connectivity index (χ0v) is 13.6. The molecule has 0 aliphatic rings. The minimum absolute atomic E-state index is 0.0677. The molecule has 0 saturated heterocycles. The maximum Gasteiger partial charge on any atom is 0.282 e. The number of aliphatic imine (C=N–C) groups is 1. The molecule has 3 heterocycles. The van der Waals surface area contributed by atoms with E-state index in [-0.39, 0.29) is 18.8 Å². The summed E-state index contributed by atoms with van der Waals surface area (Å²) in [4.78, 5) is 12.5. The van der Waals surface area contributed by atoms with Crippen LogP contribution in [0, 0.1) is 0 Å². The van der Waals surface area contributed by atoms with Crippen LogP contribution in [0.5, 0.6) is 0 Å². The Labute approximate surface area is 147 Å². The number of nitrogens with two attached hydrogens (primary N) is 1. The van der Waals surface area contributed by atoms with Gasteiger partial charge in [0.25, 0.3) is 6.43 Å². The third-order valence-electron chi connectivity index (χ3n) is 3.60. The van der Waals surface area contributed by atoms with Gasteiger partial charge in [0.2, 0.25) is 0 Å². The summed E-state index contributed by atoms with van der Waals surface area (Å²) in [6, 6.07) is 6.21. The van der Waals surface area contributed by atoms with Crippen LogP contribution in [0.3, 0.4) is 0 Å². The first kappa shape index (κ1) is 17.6. The molecule has 0 radical (unpaired) electrons. The smallest absolute Gasteiger partial charge is 0.282 e. The summed E-state index contributed by atoms with van der Waals surface area (Å²) < 4.78 is 27.2. The van der Waals surface area contributed by atoms with Crippen molar-refractivity contribution in [3.05, 3.63) is 54.2 Å².